The summed E-state index contributed by atoms with van der Waals surface area (Å²) in [5.74, 6) is -4.55. The van der Waals surface area contributed by atoms with Crippen LogP contribution in [0.1, 0.15) is 100 Å². The molecule has 12 nitrogen and oxygen atoms in total. The third-order valence-electron chi connectivity index (χ3n) is 7.33. The number of carbonyl (C=O) groups excluding carboxylic acids is 6. The second-order valence-electron chi connectivity index (χ2n) is 12.1. The molecule has 0 aromatic heterocycles. The van der Waals surface area contributed by atoms with Gasteiger partial charge >= 0.3 is 5.97 Å². The normalized spacial score (nSPS) is 27.6. The molecule has 0 aromatic rings. The van der Waals surface area contributed by atoms with E-state index in [2.05, 4.69) is 33.5 Å². The summed E-state index contributed by atoms with van der Waals surface area (Å²) in [6.45, 7) is 13.6. The molecule has 0 unspecified atom stereocenters. The van der Waals surface area contributed by atoms with Crippen LogP contribution >= 0.6 is 0 Å². The number of cyclic esters (lactones) is 1. The van der Waals surface area contributed by atoms with Gasteiger partial charge in [-0.25, -0.2) is 4.79 Å². The van der Waals surface area contributed by atoms with Crippen molar-refractivity contribution in [2.45, 2.75) is 131 Å². The minimum absolute atomic E-state index is 0.0282. The summed E-state index contributed by atoms with van der Waals surface area (Å²) in [5, 5.41) is 13.0. The van der Waals surface area contributed by atoms with Crippen LogP contribution in [-0.2, 0) is 33.5 Å². The minimum Gasteiger partial charge on any atom is -0.460 e. The van der Waals surface area contributed by atoms with Gasteiger partial charge in [-0.2, -0.15) is 0 Å². The van der Waals surface area contributed by atoms with E-state index in [0.717, 1.165) is 32.1 Å². The van der Waals surface area contributed by atoms with Crippen molar-refractivity contribution in [1.29, 1.82) is 0 Å². The lowest BCUT2D eigenvalue weighted by Gasteiger charge is -2.29. The van der Waals surface area contributed by atoms with Gasteiger partial charge in [0.2, 0.25) is 29.5 Å². The van der Waals surface area contributed by atoms with Gasteiger partial charge in [-0.1, -0.05) is 67.2 Å². The molecule has 42 heavy (non-hydrogen) atoms. The summed E-state index contributed by atoms with van der Waals surface area (Å²) in [6.07, 6.45) is 4.80. The fraction of sp³-hybridized carbons (Fsp3) is 0.800. The number of ether oxygens (including phenoxy) is 1. The van der Waals surface area contributed by atoms with Gasteiger partial charge in [0, 0.05) is 0 Å². The Kier molecular flexibility index (Phi) is 16.1. The highest BCUT2D eigenvalue weighted by Gasteiger charge is 2.34. The second kappa shape index (κ2) is 18.4. The molecule has 0 radical (unpaired) electrons. The van der Waals surface area contributed by atoms with Crippen molar-refractivity contribution in [3.8, 4) is 0 Å². The smallest absolute Gasteiger partial charge is 0.328 e. The highest BCUT2D eigenvalue weighted by molar-refractivity contribution is 5.95. The van der Waals surface area contributed by atoms with E-state index < -0.39 is 71.7 Å². The number of hydrogen-bond donors (Lipinski definition) is 5. The average molecular weight is 596 g/mol. The number of amides is 5. The second-order valence-corrected chi connectivity index (χ2v) is 12.1. The Hall–Kier alpha value is -3.18. The van der Waals surface area contributed by atoms with Crippen LogP contribution in [0.2, 0.25) is 0 Å². The van der Waals surface area contributed by atoms with E-state index in [4.69, 9.17) is 4.74 Å². The highest BCUT2D eigenvalue weighted by atomic mass is 16.5. The molecule has 1 aliphatic heterocycles. The first kappa shape index (κ1) is 36.8. The molecule has 1 rings (SSSR count). The third kappa shape index (κ3) is 12.8. The Morgan fingerprint density at radius 3 is 1.93 bits per heavy atom. The standard InChI is InChI=1S/C30H53N5O7/c1-9-10-11-12-13-14-23-19(6)26(37)31-16-24(36)32-20(7)27(38)33-21(8)28(39)35-25(18(4)5)29(40)34-22(15-17(2)3)30(41)42-23/h17-23,25H,9-16H2,1-8H3,(H,31,37)(H,32,36)(H,33,38)(H,34,40)(H,35,39)/t19-,20+,21+,22+,23+,25+/m0/s1. The number of esters is 1. The molecule has 1 heterocycles. The Bertz CT molecular complexity index is 939. The van der Waals surface area contributed by atoms with Gasteiger partial charge in [0.1, 0.15) is 30.3 Å². The van der Waals surface area contributed by atoms with Crippen LogP contribution in [0.3, 0.4) is 0 Å². The predicted molar refractivity (Wildman–Crippen MR) is 159 cm³/mol. The molecule has 0 bridgehead atoms. The largest absolute Gasteiger partial charge is 0.460 e. The molecular formula is C30H53N5O7. The SMILES string of the molecule is CCCCCCC[C@H]1OC(=O)[C@@H](CC(C)C)NC(=O)[C@@H](C(C)C)NC(=O)[C@@H](C)NC(=O)[C@@H](C)NC(=O)CNC(=O)[C@H]1C. The van der Waals surface area contributed by atoms with E-state index in [-0.39, 0.29) is 24.8 Å². The van der Waals surface area contributed by atoms with Crippen molar-refractivity contribution in [3.63, 3.8) is 0 Å². The Labute approximate surface area is 250 Å². The number of rotatable bonds is 9. The quantitative estimate of drug-likeness (QED) is 0.199. The van der Waals surface area contributed by atoms with Gasteiger partial charge in [0.05, 0.1) is 12.5 Å². The first-order chi connectivity index (χ1) is 19.7. The van der Waals surface area contributed by atoms with Crippen LogP contribution in [-0.4, -0.2) is 72.3 Å². The molecule has 1 saturated heterocycles. The lowest BCUT2D eigenvalue weighted by molar-refractivity contribution is -0.158. The van der Waals surface area contributed by atoms with Crippen molar-refractivity contribution in [2.24, 2.45) is 17.8 Å². The first-order valence-electron chi connectivity index (χ1n) is 15.4. The fourth-order valence-electron chi connectivity index (χ4n) is 4.61. The Balaban J connectivity index is 3.36. The van der Waals surface area contributed by atoms with Crippen LogP contribution in [0.25, 0.3) is 0 Å². The maximum atomic E-state index is 13.5. The zero-order valence-electron chi connectivity index (χ0n) is 26.6. The van der Waals surface area contributed by atoms with E-state index in [1.165, 1.54) is 13.8 Å². The molecule has 0 aliphatic carbocycles. The first-order valence-corrected chi connectivity index (χ1v) is 15.4. The fourth-order valence-corrected chi connectivity index (χ4v) is 4.61. The van der Waals surface area contributed by atoms with Crippen molar-refractivity contribution in [1.82, 2.24) is 26.6 Å². The molecule has 12 heteroatoms. The van der Waals surface area contributed by atoms with Crippen LogP contribution in [0.15, 0.2) is 0 Å². The summed E-state index contributed by atoms with van der Waals surface area (Å²) in [7, 11) is 0. The molecule has 6 atom stereocenters. The molecule has 0 spiro atoms. The summed E-state index contributed by atoms with van der Waals surface area (Å²) >= 11 is 0. The molecule has 5 N–H and O–H groups in total. The van der Waals surface area contributed by atoms with Crippen molar-refractivity contribution >= 4 is 35.5 Å². The van der Waals surface area contributed by atoms with Crippen LogP contribution in [0.4, 0.5) is 0 Å². The molecule has 0 aromatic carbocycles. The Morgan fingerprint density at radius 1 is 0.738 bits per heavy atom. The maximum Gasteiger partial charge on any atom is 0.328 e. The molecule has 0 saturated carbocycles. The average Bonchev–Trinajstić information content (AvgIpc) is 2.91. The molecule has 5 amide bonds. The summed E-state index contributed by atoms with van der Waals surface area (Å²) < 4.78 is 5.90. The molecular weight excluding hydrogens is 542 g/mol. The van der Waals surface area contributed by atoms with E-state index in [1.807, 2.05) is 13.8 Å². The lowest BCUT2D eigenvalue weighted by Crippen LogP contribution is -2.58. The van der Waals surface area contributed by atoms with Crippen LogP contribution in [0, 0.1) is 17.8 Å². The topological polar surface area (TPSA) is 172 Å². The summed E-state index contributed by atoms with van der Waals surface area (Å²) in [5.41, 5.74) is 0. The van der Waals surface area contributed by atoms with Gasteiger partial charge in [-0.15, -0.1) is 0 Å². The Morgan fingerprint density at radius 2 is 1.33 bits per heavy atom. The van der Waals surface area contributed by atoms with E-state index >= 15 is 0 Å². The van der Waals surface area contributed by atoms with Crippen LogP contribution < -0.4 is 26.6 Å². The van der Waals surface area contributed by atoms with Gasteiger partial charge < -0.3 is 31.3 Å². The van der Waals surface area contributed by atoms with Gasteiger partial charge in [-0.3, -0.25) is 24.0 Å². The van der Waals surface area contributed by atoms with Gasteiger partial charge in [0.25, 0.3) is 0 Å². The number of carbonyl (C=O) groups is 6. The summed E-state index contributed by atoms with van der Waals surface area (Å²) in [6, 6.07) is -3.98. The van der Waals surface area contributed by atoms with E-state index in [9.17, 15) is 28.8 Å². The number of hydrogen-bond acceptors (Lipinski definition) is 7. The molecule has 240 valence electrons. The zero-order chi connectivity index (χ0) is 32.0. The predicted octanol–water partition coefficient (Wildman–Crippen LogP) is 1.71. The monoisotopic (exact) mass is 595 g/mol. The summed E-state index contributed by atoms with van der Waals surface area (Å²) in [4.78, 5) is 77.9. The van der Waals surface area contributed by atoms with Crippen LogP contribution in [0.5, 0.6) is 0 Å². The zero-order valence-corrected chi connectivity index (χ0v) is 26.6. The minimum atomic E-state index is -1.01. The molecule has 1 aliphatic rings. The lowest BCUT2D eigenvalue weighted by atomic mass is 9.96. The van der Waals surface area contributed by atoms with Crippen molar-refractivity contribution < 1.29 is 33.5 Å². The highest BCUT2D eigenvalue weighted by Crippen LogP contribution is 2.19. The number of unbranched alkanes of at least 4 members (excludes halogenated alkanes) is 4. The third-order valence-corrected chi connectivity index (χ3v) is 7.33. The van der Waals surface area contributed by atoms with E-state index in [0.29, 0.717) is 6.42 Å². The van der Waals surface area contributed by atoms with Gasteiger partial charge in [0.15, 0.2) is 0 Å². The maximum absolute atomic E-state index is 13.5. The van der Waals surface area contributed by atoms with Crippen molar-refractivity contribution in [3.05, 3.63) is 0 Å². The number of nitrogens with one attached hydrogen (secondary N) is 5. The van der Waals surface area contributed by atoms with Crippen molar-refractivity contribution in [2.75, 3.05) is 6.54 Å². The van der Waals surface area contributed by atoms with E-state index in [1.54, 1.807) is 20.8 Å². The van der Waals surface area contributed by atoms with Gasteiger partial charge in [-0.05, 0) is 44.9 Å². The molecule has 1 fully saturated rings.